The first kappa shape index (κ1) is 15.7. The van der Waals surface area contributed by atoms with Gasteiger partial charge in [0, 0.05) is 0 Å². The van der Waals surface area contributed by atoms with E-state index in [1.807, 2.05) is 48.5 Å². The first-order chi connectivity index (χ1) is 11.1. The first-order valence-electron chi connectivity index (χ1n) is 7.48. The number of nitrogens with zero attached hydrogens (tertiary/aromatic N) is 1. The fourth-order valence-electron chi connectivity index (χ4n) is 2.35. The number of sulfonamides is 1. The second kappa shape index (κ2) is 6.93. The molecular weight excluding hydrogens is 312 g/mol. The van der Waals surface area contributed by atoms with Crippen LogP contribution < -0.4 is 4.72 Å². The van der Waals surface area contributed by atoms with E-state index in [-0.39, 0.29) is 12.3 Å². The van der Waals surface area contributed by atoms with Crippen molar-refractivity contribution >= 4 is 21.1 Å². The summed E-state index contributed by atoms with van der Waals surface area (Å²) in [5.74, 6) is 0.458. The van der Waals surface area contributed by atoms with Gasteiger partial charge in [0.2, 0.25) is 15.9 Å². The summed E-state index contributed by atoms with van der Waals surface area (Å²) in [6.07, 6.45) is 1.32. The third-order valence-electron chi connectivity index (χ3n) is 3.50. The Balaban J connectivity index is 1.52. The van der Waals surface area contributed by atoms with E-state index in [0.717, 1.165) is 17.5 Å². The van der Waals surface area contributed by atoms with Crippen LogP contribution in [0.25, 0.3) is 11.1 Å². The zero-order valence-corrected chi connectivity index (χ0v) is 13.4. The standard InChI is InChI=1S/C17H18N2O3S/c20-23(21,12-6-9-14-7-2-1-3-8-14)18-13-17-19-15-10-4-5-11-16(15)22-17/h1-5,7-8,10-11,18H,6,9,12-13H2. The predicted molar refractivity (Wildman–Crippen MR) is 89.4 cm³/mol. The van der Waals surface area contributed by atoms with E-state index < -0.39 is 10.0 Å². The van der Waals surface area contributed by atoms with Crippen molar-refractivity contribution in [3.63, 3.8) is 0 Å². The Morgan fingerprint density at radius 1 is 1.00 bits per heavy atom. The molecule has 5 nitrogen and oxygen atoms in total. The number of nitrogens with one attached hydrogen (secondary N) is 1. The highest BCUT2D eigenvalue weighted by atomic mass is 32.2. The molecule has 0 spiro atoms. The lowest BCUT2D eigenvalue weighted by Gasteiger charge is -2.05. The van der Waals surface area contributed by atoms with Gasteiger partial charge >= 0.3 is 0 Å². The molecule has 0 aliphatic carbocycles. The summed E-state index contributed by atoms with van der Waals surface area (Å²) in [5, 5.41) is 0. The van der Waals surface area contributed by atoms with Crippen LogP contribution >= 0.6 is 0 Å². The maximum Gasteiger partial charge on any atom is 0.212 e. The van der Waals surface area contributed by atoms with E-state index in [9.17, 15) is 8.42 Å². The monoisotopic (exact) mass is 330 g/mol. The van der Waals surface area contributed by atoms with Crippen LogP contribution in [0.4, 0.5) is 0 Å². The van der Waals surface area contributed by atoms with E-state index in [1.165, 1.54) is 0 Å². The zero-order valence-electron chi connectivity index (χ0n) is 12.6. The van der Waals surface area contributed by atoms with Crippen LogP contribution in [0.5, 0.6) is 0 Å². The fourth-order valence-corrected chi connectivity index (χ4v) is 3.36. The van der Waals surface area contributed by atoms with E-state index in [4.69, 9.17) is 4.42 Å². The molecule has 0 radical (unpaired) electrons. The normalized spacial score (nSPS) is 11.8. The largest absolute Gasteiger partial charge is 0.439 e. The van der Waals surface area contributed by atoms with E-state index >= 15 is 0 Å². The minimum Gasteiger partial charge on any atom is -0.439 e. The lowest BCUT2D eigenvalue weighted by molar-refractivity contribution is 0.513. The summed E-state index contributed by atoms with van der Waals surface area (Å²) in [6, 6.07) is 17.2. The predicted octanol–water partition coefficient (Wildman–Crippen LogP) is 2.88. The van der Waals surface area contributed by atoms with Crippen molar-refractivity contribution in [1.82, 2.24) is 9.71 Å². The average molecular weight is 330 g/mol. The topological polar surface area (TPSA) is 72.2 Å². The second-order valence-corrected chi connectivity index (χ2v) is 7.23. The van der Waals surface area contributed by atoms with Crippen LogP contribution in [0.3, 0.4) is 0 Å². The number of oxazole rings is 1. The minimum absolute atomic E-state index is 0.0718. The number of hydrogen-bond donors (Lipinski definition) is 1. The highest BCUT2D eigenvalue weighted by Crippen LogP contribution is 2.14. The van der Waals surface area contributed by atoms with Crippen molar-refractivity contribution in [1.29, 1.82) is 0 Å². The third kappa shape index (κ3) is 4.40. The van der Waals surface area contributed by atoms with E-state index in [1.54, 1.807) is 6.07 Å². The van der Waals surface area contributed by atoms with Gasteiger partial charge in [-0.3, -0.25) is 0 Å². The summed E-state index contributed by atoms with van der Waals surface area (Å²) < 4.78 is 32.1. The van der Waals surface area contributed by atoms with Gasteiger partial charge < -0.3 is 4.42 Å². The van der Waals surface area contributed by atoms with Gasteiger partial charge in [-0.25, -0.2) is 18.1 Å². The average Bonchev–Trinajstić information content (AvgIpc) is 2.97. The number of hydrogen-bond acceptors (Lipinski definition) is 4. The molecule has 1 aromatic heterocycles. The maximum atomic E-state index is 12.0. The molecule has 3 aromatic rings. The summed E-state index contributed by atoms with van der Waals surface area (Å²) in [6.45, 7) is 0.0718. The van der Waals surface area contributed by atoms with Crippen LogP contribution in [0.15, 0.2) is 59.0 Å². The van der Waals surface area contributed by atoms with Gasteiger partial charge in [-0.1, -0.05) is 42.5 Å². The molecule has 0 amide bonds. The van der Waals surface area contributed by atoms with Gasteiger partial charge in [-0.15, -0.1) is 0 Å². The molecule has 0 aliphatic rings. The molecule has 0 saturated carbocycles. The van der Waals surface area contributed by atoms with Gasteiger partial charge in [0.1, 0.15) is 5.52 Å². The fraction of sp³-hybridized carbons (Fsp3) is 0.235. The lowest BCUT2D eigenvalue weighted by Crippen LogP contribution is -2.26. The van der Waals surface area contributed by atoms with Crippen LogP contribution in [0.2, 0.25) is 0 Å². The molecule has 0 fully saturated rings. The maximum absolute atomic E-state index is 12.0. The van der Waals surface area contributed by atoms with Crippen LogP contribution in [-0.4, -0.2) is 19.2 Å². The zero-order chi connectivity index (χ0) is 16.1. The molecule has 23 heavy (non-hydrogen) atoms. The molecule has 0 unspecified atom stereocenters. The van der Waals surface area contributed by atoms with Crippen LogP contribution in [-0.2, 0) is 23.0 Å². The molecule has 1 N–H and O–H groups in total. The van der Waals surface area contributed by atoms with Crippen LogP contribution in [0, 0.1) is 0 Å². The molecular formula is C17H18N2O3S. The molecule has 0 saturated heterocycles. The van der Waals surface area contributed by atoms with Gasteiger partial charge in [0.15, 0.2) is 5.58 Å². The number of para-hydroxylation sites is 2. The van der Waals surface area contributed by atoms with Crippen molar-refractivity contribution in [2.75, 3.05) is 5.75 Å². The lowest BCUT2D eigenvalue weighted by atomic mass is 10.1. The molecule has 0 bridgehead atoms. The van der Waals surface area contributed by atoms with Crippen LogP contribution in [0.1, 0.15) is 17.9 Å². The highest BCUT2D eigenvalue weighted by Gasteiger charge is 2.12. The van der Waals surface area contributed by atoms with Gasteiger partial charge in [0.25, 0.3) is 0 Å². The minimum atomic E-state index is -3.34. The van der Waals surface area contributed by atoms with Crippen molar-refractivity contribution in [2.24, 2.45) is 0 Å². The van der Waals surface area contributed by atoms with Gasteiger partial charge in [-0.2, -0.15) is 0 Å². The summed E-state index contributed by atoms with van der Waals surface area (Å²) in [4.78, 5) is 4.25. The van der Waals surface area contributed by atoms with Crippen molar-refractivity contribution in [3.8, 4) is 0 Å². The summed E-state index contributed by atoms with van der Waals surface area (Å²) in [7, 11) is -3.34. The quantitative estimate of drug-likeness (QED) is 0.723. The Morgan fingerprint density at radius 3 is 2.52 bits per heavy atom. The molecule has 0 atom stereocenters. The van der Waals surface area contributed by atoms with E-state index in [0.29, 0.717) is 17.9 Å². The Morgan fingerprint density at radius 2 is 1.74 bits per heavy atom. The Hall–Kier alpha value is -2.18. The molecule has 120 valence electrons. The first-order valence-corrected chi connectivity index (χ1v) is 9.13. The Kier molecular flexibility index (Phi) is 4.73. The number of aromatic nitrogens is 1. The summed E-state index contributed by atoms with van der Waals surface area (Å²) in [5.41, 5.74) is 2.53. The number of aryl methyl sites for hydroxylation is 1. The number of benzene rings is 2. The third-order valence-corrected chi connectivity index (χ3v) is 4.91. The van der Waals surface area contributed by atoms with Crippen molar-refractivity contribution in [3.05, 3.63) is 66.1 Å². The molecule has 0 aliphatic heterocycles. The molecule has 6 heteroatoms. The SMILES string of the molecule is O=S(=O)(CCCc1ccccc1)NCc1nc2ccccc2o1. The smallest absolute Gasteiger partial charge is 0.212 e. The van der Waals surface area contributed by atoms with Gasteiger partial charge in [0.05, 0.1) is 12.3 Å². The van der Waals surface area contributed by atoms with Crippen molar-refractivity contribution < 1.29 is 12.8 Å². The number of fused-ring (bicyclic) bond motifs is 1. The Bertz CT molecular complexity index is 840. The van der Waals surface area contributed by atoms with Crippen molar-refractivity contribution in [2.45, 2.75) is 19.4 Å². The highest BCUT2D eigenvalue weighted by molar-refractivity contribution is 7.89. The Labute approximate surface area is 135 Å². The number of rotatable bonds is 7. The molecule has 1 heterocycles. The second-order valence-electron chi connectivity index (χ2n) is 5.30. The molecule has 3 rings (SSSR count). The summed E-state index contributed by atoms with van der Waals surface area (Å²) >= 11 is 0. The molecule has 2 aromatic carbocycles. The van der Waals surface area contributed by atoms with Gasteiger partial charge in [-0.05, 0) is 30.5 Å². The van der Waals surface area contributed by atoms with E-state index in [2.05, 4.69) is 9.71 Å².